The number of carboxylic acid groups (broad SMARTS) is 1. The van der Waals surface area contributed by atoms with Crippen molar-refractivity contribution in [3.63, 3.8) is 0 Å². The van der Waals surface area contributed by atoms with E-state index in [-0.39, 0.29) is 28.0 Å². The fourth-order valence-corrected chi connectivity index (χ4v) is 2.07. The lowest BCUT2D eigenvalue weighted by Crippen LogP contribution is -1.94. The average molecular weight is 284 g/mol. The van der Waals surface area contributed by atoms with Gasteiger partial charge in [0.2, 0.25) is 0 Å². The van der Waals surface area contributed by atoms with E-state index in [1.807, 2.05) is 0 Å². The van der Waals surface area contributed by atoms with Crippen LogP contribution in [-0.2, 0) is 0 Å². The van der Waals surface area contributed by atoms with Crippen molar-refractivity contribution in [3.8, 4) is 22.8 Å². The van der Waals surface area contributed by atoms with Gasteiger partial charge in [-0.25, -0.2) is 4.79 Å². The van der Waals surface area contributed by atoms with E-state index in [1.165, 1.54) is 13.2 Å². The summed E-state index contributed by atoms with van der Waals surface area (Å²) >= 11 is 5.92. The van der Waals surface area contributed by atoms with Crippen molar-refractivity contribution in [1.29, 1.82) is 0 Å². The van der Waals surface area contributed by atoms with E-state index in [0.717, 1.165) is 0 Å². The Kier molecular flexibility index (Phi) is 3.35. The minimum Gasteiger partial charge on any atom is -0.504 e. The number of benzene rings is 1. The van der Waals surface area contributed by atoms with Crippen molar-refractivity contribution >= 4 is 17.6 Å². The number of carboxylic acids is 1. The topological polar surface area (TPSA) is 92.8 Å². The molecule has 0 aliphatic heterocycles. The van der Waals surface area contributed by atoms with Gasteiger partial charge in [-0.05, 0) is 18.6 Å². The van der Waals surface area contributed by atoms with Gasteiger partial charge in [-0.15, -0.1) is 0 Å². The zero-order valence-corrected chi connectivity index (χ0v) is 10.9. The Balaban J connectivity index is 2.64. The molecule has 0 aliphatic carbocycles. The largest absolute Gasteiger partial charge is 0.504 e. The van der Waals surface area contributed by atoms with Crippen molar-refractivity contribution in [3.05, 3.63) is 28.4 Å². The highest BCUT2D eigenvalue weighted by molar-refractivity contribution is 6.32. The number of phenolic OH excluding ortho intramolecular Hbond substituents is 1. The normalized spacial score (nSPS) is 10.5. The maximum absolute atomic E-state index is 10.8. The highest BCUT2D eigenvalue weighted by atomic mass is 35.5. The first-order valence-electron chi connectivity index (χ1n) is 5.22. The number of hydrogen-bond acceptors (Lipinski definition) is 5. The molecular formula is C12H10ClNO5. The van der Waals surface area contributed by atoms with Crippen LogP contribution in [0.5, 0.6) is 11.5 Å². The zero-order valence-electron chi connectivity index (χ0n) is 10.1. The Bertz CT molecular complexity index is 650. The summed E-state index contributed by atoms with van der Waals surface area (Å²) in [6, 6.07) is 2.80. The number of halogens is 1. The second-order valence-electron chi connectivity index (χ2n) is 3.81. The van der Waals surface area contributed by atoms with Gasteiger partial charge >= 0.3 is 5.97 Å². The number of aromatic nitrogens is 1. The summed E-state index contributed by atoms with van der Waals surface area (Å²) in [4.78, 5) is 10.8. The van der Waals surface area contributed by atoms with E-state index in [0.29, 0.717) is 11.1 Å². The number of methoxy groups -OCH3 is 1. The molecule has 0 atom stereocenters. The van der Waals surface area contributed by atoms with Crippen molar-refractivity contribution in [2.24, 2.45) is 0 Å². The van der Waals surface area contributed by atoms with Crippen molar-refractivity contribution in [1.82, 2.24) is 5.16 Å². The van der Waals surface area contributed by atoms with Crippen LogP contribution in [0.2, 0.25) is 5.02 Å². The number of hydrogen-bond donors (Lipinski definition) is 2. The van der Waals surface area contributed by atoms with Crippen LogP contribution < -0.4 is 4.74 Å². The molecule has 0 aliphatic rings. The molecule has 0 saturated carbocycles. The highest BCUT2D eigenvalue weighted by Gasteiger charge is 2.21. The summed E-state index contributed by atoms with van der Waals surface area (Å²) in [6.07, 6.45) is 0. The predicted octanol–water partition coefficient (Wildman–Crippen LogP) is 2.72. The molecule has 2 rings (SSSR count). The standard InChI is InChI=1S/C12H10ClNO5/c1-5-3-6(13)11(18-2)10(15)9(5)8-4-7(12(16)17)14-19-8/h3-4,15H,1-2H3,(H,16,17). The maximum atomic E-state index is 10.8. The Hall–Kier alpha value is -2.21. The summed E-state index contributed by atoms with van der Waals surface area (Å²) in [6.45, 7) is 1.70. The van der Waals surface area contributed by atoms with Gasteiger partial charge in [0.25, 0.3) is 0 Å². The summed E-state index contributed by atoms with van der Waals surface area (Å²) in [5.41, 5.74) is 0.653. The molecule has 100 valence electrons. The Morgan fingerprint density at radius 2 is 2.16 bits per heavy atom. The SMILES string of the molecule is COc1c(Cl)cc(C)c(-c2cc(C(=O)O)no2)c1O. The Morgan fingerprint density at radius 1 is 1.47 bits per heavy atom. The van der Waals surface area contributed by atoms with Crippen LogP contribution in [0.3, 0.4) is 0 Å². The number of phenols is 1. The number of rotatable bonds is 3. The molecule has 1 heterocycles. The predicted molar refractivity (Wildman–Crippen MR) is 66.9 cm³/mol. The van der Waals surface area contributed by atoms with Gasteiger partial charge in [0, 0.05) is 6.07 Å². The van der Waals surface area contributed by atoms with Crippen LogP contribution in [0, 0.1) is 6.92 Å². The number of aryl methyl sites for hydroxylation is 1. The lowest BCUT2D eigenvalue weighted by Gasteiger charge is -2.11. The van der Waals surface area contributed by atoms with Crippen molar-refractivity contribution in [2.45, 2.75) is 6.92 Å². The van der Waals surface area contributed by atoms with E-state index in [9.17, 15) is 9.90 Å². The van der Waals surface area contributed by atoms with Crippen molar-refractivity contribution in [2.75, 3.05) is 7.11 Å². The minimum absolute atomic E-state index is 0.0931. The van der Waals surface area contributed by atoms with Gasteiger partial charge < -0.3 is 19.5 Å². The summed E-state index contributed by atoms with van der Waals surface area (Å²) in [5.74, 6) is -1.22. The number of aromatic hydroxyl groups is 1. The Morgan fingerprint density at radius 3 is 2.68 bits per heavy atom. The molecule has 2 aromatic rings. The molecule has 19 heavy (non-hydrogen) atoms. The van der Waals surface area contributed by atoms with E-state index in [1.54, 1.807) is 13.0 Å². The molecule has 0 saturated heterocycles. The van der Waals surface area contributed by atoms with Crippen LogP contribution in [-0.4, -0.2) is 28.4 Å². The molecule has 0 radical (unpaired) electrons. The zero-order chi connectivity index (χ0) is 14.2. The van der Waals surface area contributed by atoms with Gasteiger partial charge in [-0.1, -0.05) is 16.8 Å². The van der Waals surface area contributed by atoms with Crippen LogP contribution in [0.4, 0.5) is 0 Å². The lowest BCUT2D eigenvalue weighted by molar-refractivity contribution is 0.0686. The first kappa shape index (κ1) is 13.2. The second kappa shape index (κ2) is 4.81. The van der Waals surface area contributed by atoms with E-state index < -0.39 is 5.97 Å². The van der Waals surface area contributed by atoms with Gasteiger partial charge in [0.05, 0.1) is 17.7 Å². The van der Waals surface area contributed by atoms with Crippen LogP contribution >= 0.6 is 11.6 Å². The fourth-order valence-electron chi connectivity index (χ4n) is 1.74. The smallest absolute Gasteiger partial charge is 0.358 e. The highest BCUT2D eigenvalue weighted by Crippen LogP contribution is 2.44. The van der Waals surface area contributed by atoms with Crippen LogP contribution in [0.25, 0.3) is 11.3 Å². The summed E-state index contributed by atoms with van der Waals surface area (Å²) in [7, 11) is 1.36. The summed E-state index contributed by atoms with van der Waals surface area (Å²) < 4.78 is 9.91. The average Bonchev–Trinajstić information content (AvgIpc) is 2.78. The lowest BCUT2D eigenvalue weighted by atomic mass is 10.0. The van der Waals surface area contributed by atoms with E-state index in [4.69, 9.17) is 26.0 Å². The molecule has 1 aromatic carbocycles. The molecule has 0 fully saturated rings. The third-order valence-electron chi connectivity index (χ3n) is 2.59. The first-order chi connectivity index (χ1) is 8.95. The van der Waals surface area contributed by atoms with E-state index in [2.05, 4.69) is 5.16 Å². The number of nitrogens with zero attached hydrogens (tertiary/aromatic N) is 1. The van der Waals surface area contributed by atoms with Crippen molar-refractivity contribution < 1.29 is 24.3 Å². The minimum atomic E-state index is -1.21. The number of carbonyl (C=O) groups is 1. The first-order valence-corrected chi connectivity index (χ1v) is 5.60. The van der Waals surface area contributed by atoms with E-state index >= 15 is 0 Å². The summed E-state index contributed by atoms with van der Waals surface area (Å²) in [5, 5.41) is 22.5. The fraction of sp³-hybridized carbons (Fsp3) is 0.167. The van der Waals surface area contributed by atoms with Gasteiger partial charge in [0.15, 0.2) is 23.0 Å². The van der Waals surface area contributed by atoms with Gasteiger partial charge in [-0.3, -0.25) is 0 Å². The van der Waals surface area contributed by atoms with Crippen LogP contribution in [0.15, 0.2) is 16.7 Å². The molecule has 2 N–H and O–H groups in total. The number of aromatic carboxylic acids is 1. The third-order valence-corrected chi connectivity index (χ3v) is 2.87. The molecule has 6 nitrogen and oxygen atoms in total. The Labute approximate surface area is 113 Å². The molecule has 7 heteroatoms. The monoisotopic (exact) mass is 283 g/mol. The second-order valence-corrected chi connectivity index (χ2v) is 4.22. The molecule has 0 spiro atoms. The third kappa shape index (κ3) is 2.22. The molecule has 0 unspecified atom stereocenters. The molecule has 0 bridgehead atoms. The van der Waals surface area contributed by atoms with Crippen LogP contribution in [0.1, 0.15) is 16.1 Å². The maximum Gasteiger partial charge on any atom is 0.358 e. The quantitative estimate of drug-likeness (QED) is 0.899. The van der Waals surface area contributed by atoms with Gasteiger partial charge in [0.1, 0.15) is 0 Å². The molecular weight excluding hydrogens is 274 g/mol. The van der Waals surface area contributed by atoms with Gasteiger partial charge in [-0.2, -0.15) is 0 Å². The molecule has 1 aromatic heterocycles. The number of ether oxygens (including phenoxy) is 1. The molecule has 0 amide bonds.